The number of halogens is 4. The van der Waals surface area contributed by atoms with E-state index in [0.29, 0.717) is 5.69 Å². The summed E-state index contributed by atoms with van der Waals surface area (Å²) in [6, 6.07) is 8.95. The Labute approximate surface area is 201 Å². The van der Waals surface area contributed by atoms with Gasteiger partial charge >= 0.3 is 18.2 Å². The molecule has 0 radical (unpaired) electrons. The van der Waals surface area contributed by atoms with Crippen molar-refractivity contribution in [1.82, 2.24) is 14.5 Å². The molecule has 2 aromatic heterocycles. The van der Waals surface area contributed by atoms with Gasteiger partial charge in [-0.25, -0.2) is 14.2 Å². The highest BCUT2D eigenvalue weighted by Crippen LogP contribution is 2.33. The lowest BCUT2D eigenvalue weighted by Crippen LogP contribution is -2.20. The van der Waals surface area contributed by atoms with E-state index in [1.54, 1.807) is 6.92 Å². The van der Waals surface area contributed by atoms with Crippen molar-refractivity contribution in [3.8, 4) is 11.6 Å². The van der Waals surface area contributed by atoms with E-state index in [2.05, 4.69) is 15.3 Å². The second-order valence-corrected chi connectivity index (χ2v) is 7.63. The molecule has 0 saturated carbocycles. The summed E-state index contributed by atoms with van der Waals surface area (Å²) in [6.45, 7) is 2.60. The maximum atomic E-state index is 15.3. The Balaban J connectivity index is 1.60. The molecule has 1 N–H and O–H groups in total. The molecule has 0 fully saturated rings. The summed E-state index contributed by atoms with van der Waals surface area (Å²) >= 11 is 0. The fraction of sp³-hybridized carbons (Fsp3) is 0.167. The number of hydrogen-bond acceptors (Lipinski definition) is 6. The average Bonchev–Trinajstić information content (AvgIpc) is 3.16. The number of amides is 1. The van der Waals surface area contributed by atoms with E-state index in [-0.39, 0.29) is 40.7 Å². The van der Waals surface area contributed by atoms with Crippen molar-refractivity contribution in [3.63, 3.8) is 0 Å². The van der Waals surface area contributed by atoms with Crippen LogP contribution in [0.3, 0.4) is 0 Å². The van der Waals surface area contributed by atoms with Crippen molar-refractivity contribution in [3.05, 3.63) is 77.6 Å². The number of nitrogens with zero attached hydrogens (tertiary/aromatic N) is 3. The van der Waals surface area contributed by atoms with Gasteiger partial charge < -0.3 is 14.8 Å². The molecule has 0 unspecified atom stereocenters. The molecule has 12 heteroatoms. The van der Waals surface area contributed by atoms with Crippen molar-refractivity contribution in [2.75, 3.05) is 5.32 Å². The Morgan fingerprint density at radius 1 is 1.11 bits per heavy atom. The van der Waals surface area contributed by atoms with Gasteiger partial charge in [-0.05, 0) is 43.3 Å². The van der Waals surface area contributed by atoms with Crippen molar-refractivity contribution in [2.45, 2.75) is 26.6 Å². The molecule has 186 valence electrons. The van der Waals surface area contributed by atoms with Crippen LogP contribution in [0.15, 0.2) is 54.7 Å². The lowest BCUT2D eigenvalue weighted by molar-refractivity contribution is -0.142. The first-order valence-corrected chi connectivity index (χ1v) is 10.5. The quantitative estimate of drug-likeness (QED) is 0.272. The monoisotopic (exact) mass is 502 g/mol. The molecule has 0 aliphatic heterocycles. The molecule has 0 atom stereocenters. The van der Waals surface area contributed by atoms with Crippen LogP contribution in [0.5, 0.6) is 11.6 Å². The van der Waals surface area contributed by atoms with E-state index in [1.165, 1.54) is 49.5 Å². The SMILES string of the molecule is CC(=O)OCc1nccc(Oc2ccc3c(cc(C)n3C(=O)Nc3cccc(C(F)(F)F)c3)c2F)n1. The Bertz CT molecular complexity index is 1470. The number of esters is 1. The van der Waals surface area contributed by atoms with Crippen LogP contribution in [0, 0.1) is 12.7 Å². The molecule has 0 spiro atoms. The van der Waals surface area contributed by atoms with E-state index in [0.717, 1.165) is 16.7 Å². The van der Waals surface area contributed by atoms with Crippen molar-refractivity contribution < 1.29 is 36.6 Å². The van der Waals surface area contributed by atoms with Crippen molar-refractivity contribution >= 4 is 28.6 Å². The summed E-state index contributed by atoms with van der Waals surface area (Å²) in [5.74, 6) is -1.32. The van der Waals surface area contributed by atoms with Crippen LogP contribution >= 0.6 is 0 Å². The Morgan fingerprint density at radius 3 is 2.61 bits per heavy atom. The van der Waals surface area contributed by atoms with Gasteiger partial charge in [0.15, 0.2) is 24.0 Å². The van der Waals surface area contributed by atoms with Crippen molar-refractivity contribution in [1.29, 1.82) is 0 Å². The third-order valence-corrected chi connectivity index (χ3v) is 5.01. The summed E-state index contributed by atoms with van der Waals surface area (Å²) in [7, 11) is 0. The van der Waals surface area contributed by atoms with Crippen LogP contribution in [-0.2, 0) is 22.3 Å². The number of fused-ring (bicyclic) bond motifs is 1. The minimum absolute atomic E-state index is 0.00356. The summed E-state index contributed by atoms with van der Waals surface area (Å²) < 4.78 is 65.7. The number of aryl methyl sites for hydroxylation is 1. The third-order valence-electron chi connectivity index (χ3n) is 5.01. The van der Waals surface area contributed by atoms with Gasteiger partial charge in [-0.3, -0.25) is 9.36 Å². The second-order valence-electron chi connectivity index (χ2n) is 7.63. The summed E-state index contributed by atoms with van der Waals surface area (Å²) in [5, 5.41) is 2.46. The summed E-state index contributed by atoms with van der Waals surface area (Å²) in [5.41, 5.74) is -0.455. The lowest BCUT2D eigenvalue weighted by Gasteiger charge is -2.12. The second kappa shape index (κ2) is 9.64. The largest absolute Gasteiger partial charge is 0.458 e. The summed E-state index contributed by atoms with van der Waals surface area (Å²) in [4.78, 5) is 31.8. The number of ether oxygens (including phenoxy) is 2. The van der Waals surface area contributed by atoms with E-state index in [1.807, 2.05) is 0 Å². The van der Waals surface area contributed by atoms with Crippen LogP contribution in [0.1, 0.15) is 24.0 Å². The topological polar surface area (TPSA) is 95.3 Å². The molecule has 4 aromatic rings. The molecule has 8 nitrogen and oxygen atoms in total. The third kappa shape index (κ3) is 5.27. The number of benzene rings is 2. The maximum Gasteiger partial charge on any atom is 0.416 e. The zero-order valence-corrected chi connectivity index (χ0v) is 18.9. The highest BCUT2D eigenvalue weighted by Gasteiger charge is 2.30. The van der Waals surface area contributed by atoms with Gasteiger partial charge in [-0.15, -0.1) is 0 Å². The number of hydrogen-bond donors (Lipinski definition) is 1. The number of carbonyl (C=O) groups excluding carboxylic acids is 2. The zero-order chi connectivity index (χ0) is 26.0. The van der Waals surface area contributed by atoms with Gasteiger partial charge in [0.1, 0.15) is 0 Å². The number of anilines is 1. The van der Waals surface area contributed by atoms with E-state index >= 15 is 4.39 Å². The predicted molar refractivity (Wildman–Crippen MR) is 120 cm³/mol. The van der Waals surface area contributed by atoms with Crippen molar-refractivity contribution in [2.24, 2.45) is 0 Å². The van der Waals surface area contributed by atoms with Gasteiger partial charge in [0.2, 0.25) is 5.88 Å². The van der Waals surface area contributed by atoms with Crippen LogP contribution in [-0.4, -0.2) is 26.5 Å². The number of carbonyl (C=O) groups is 2. The Hall–Kier alpha value is -4.48. The molecule has 4 rings (SSSR count). The maximum absolute atomic E-state index is 15.3. The fourth-order valence-corrected chi connectivity index (χ4v) is 3.45. The molecule has 0 aliphatic carbocycles. The number of aromatic nitrogens is 3. The van der Waals surface area contributed by atoms with Gasteiger partial charge in [0.05, 0.1) is 11.1 Å². The first-order valence-electron chi connectivity index (χ1n) is 10.5. The fourth-order valence-electron chi connectivity index (χ4n) is 3.45. The van der Waals surface area contributed by atoms with Gasteiger partial charge in [-0.2, -0.15) is 18.2 Å². The first kappa shape index (κ1) is 24.6. The minimum atomic E-state index is -4.57. The highest BCUT2D eigenvalue weighted by molar-refractivity contribution is 6.00. The molecule has 2 heterocycles. The zero-order valence-electron chi connectivity index (χ0n) is 18.9. The van der Waals surface area contributed by atoms with Crippen LogP contribution in [0.2, 0.25) is 0 Å². The van der Waals surface area contributed by atoms with E-state index in [9.17, 15) is 22.8 Å². The molecule has 1 amide bonds. The molecule has 2 aromatic carbocycles. The van der Waals surface area contributed by atoms with Crippen LogP contribution < -0.4 is 10.1 Å². The Kier molecular flexibility index (Phi) is 6.60. The van der Waals surface area contributed by atoms with E-state index in [4.69, 9.17) is 9.47 Å². The molecule has 0 aliphatic rings. The molecular formula is C24H18F4N4O4. The Morgan fingerprint density at radius 2 is 1.89 bits per heavy atom. The number of nitrogens with one attached hydrogen (secondary N) is 1. The molecule has 0 bridgehead atoms. The van der Waals surface area contributed by atoms with Gasteiger partial charge in [0, 0.05) is 36.0 Å². The standard InChI is InChI=1S/C24H18F4N4O4/c1-13-10-17-18(32(13)23(34)30-16-5-3-4-15(11-16)24(26,27)28)6-7-19(22(17)25)36-21-8-9-29-20(31-21)12-35-14(2)33/h3-11H,12H2,1-2H3,(H,30,34). The molecule has 36 heavy (non-hydrogen) atoms. The number of alkyl halides is 3. The smallest absolute Gasteiger partial charge is 0.416 e. The minimum Gasteiger partial charge on any atom is -0.458 e. The highest BCUT2D eigenvalue weighted by atomic mass is 19.4. The van der Waals surface area contributed by atoms with Crippen LogP contribution in [0.25, 0.3) is 10.9 Å². The summed E-state index contributed by atoms with van der Waals surface area (Å²) in [6.07, 6.45) is -3.21. The number of rotatable bonds is 5. The normalized spacial score (nSPS) is 11.4. The molecule has 0 saturated heterocycles. The first-order chi connectivity index (χ1) is 17.0. The predicted octanol–water partition coefficient (Wildman–Crippen LogP) is 5.83. The van der Waals surface area contributed by atoms with Crippen LogP contribution in [0.4, 0.5) is 28.0 Å². The molecular weight excluding hydrogens is 484 g/mol. The van der Waals surface area contributed by atoms with Gasteiger partial charge in [-0.1, -0.05) is 6.07 Å². The van der Waals surface area contributed by atoms with Gasteiger partial charge in [0.25, 0.3) is 0 Å². The van der Waals surface area contributed by atoms with E-state index < -0.39 is 29.6 Å². The average molecular weight is 502 g/mol. The lowest BCUT2D eigenvalue weighted by atomic mass is 10.2.